The number of amides is 1. The summed E-state index contributed by atoms with van der Waals surface area (Å²) in [6, 6.07) is 13.1. The van der Waals surface area contributed by atoms with E-state index < -0.39 is 0 Å². The molecule has 3 N–H and O–H groups in total. The van der Waals surface area contributed by atoms with Crippen LogP contribution in [0.15, 0.2) is 42.5 Å². The summed E-state index contributed by atoms with van der Waals surface area (Å²) in [6.07, 6.45) is 0. The molecule has 2 aromatic carbocycles. The summed E-state index contributed by atoms with van der Waals surface area (Å²) < 4.78 is 10.8. The standard InChI is InChI=1S/C21H28N2O3/c1-5-26-19-11-10-17(12-20(19)25-4)21(24)23-13-18(22)16-8-6-15(7-9-16)14(2)3/h6-12,14,18H,5,13,22H2,1-4H3,(H,23,24). The van der Waals surface area contributed by atoms with Crippen LogP contribution >= 0.6 is 0 Å². The Labute approximate surface area is 155 Å². The molecule has 1 amide bonds. The summed E-state index contributed by atoms with van der Waals surface area (Å²) in [7, 11) is 1.55. The fourth-order valence-corrected chi connectivity index (χ4v) is 2.63. The van der Waals surface area contributed by atoms with Crippen molar-refractivity contribution < 1.29 is 14.3 Å². The molecular weight excluding hydrogens is 328 g/mol. The Kier molecular flexibility index (Phi) is 7.04. The average molecular weight is 356 g/mol. The normalized spacial score (nSPS) is 11.9. The van der Waals surface area contributed by atoms with Gasteiger partial charge in [-0.2, -0.15) is 0 Å². The summed E-state index contributed by atoms with van der Waals surface area (Å²) in [5.41, 5.74) is 8.98. The summed E-state index contributed by atoms with van der Waals surface area (Å²) >= 11 is 0. The Morgan fingerprint density at radius 1 is 1.08 bits per heavy atom. The Bertz CT molecular complexity index is 727. The van der Waals surface area contributed by atoms with Gasteiger partial charge in [-0.1, -0.05) is 38.1 Å². The van der Waals surface area contributed by atoms with Crippen LogP contribution in [0.2, 0.25) is 0 Å². The molecule has 0 heterocycles. The van der Waals surface area contributed by atoms with Crippen LogP contribution < -0.4 is 20.5 Å². The summed E-state index contributed by atoms with van der Waals surface area (Å²) in [5.74, 6) is 1.44. The second-order valence-electron chi connectivity index (χ2n) is 6.44. The topological polar surface area (TPSA) is 73.6 Å². The van der Waals surface area contributed by atoms with Crippen LogP contribution in [0.25, 0.3) is 0 Å². The molecule has 0 aliphatic heterocycles. The number of nitrogens with one attached hydrogen (secondary N) is 1. The monoisotopic (exact) mass is 356 g/mol. The van der Waals surface area contributed by atoms with Crippen LogP contribution in [-0.2, 0) is 0 Å². The van der Waals surface area contributed by atoms with Crippen molar-refractivity contribution in [1.82, 2.24) is 5.32 Å². The van der Waals surface area contributed by atoms with E-state index >= 15 is 0 Å². The minimum absolute atomic E-state index is 0.194. The first-order valence-corrected chi connectivity index (χ1v) is 8.90. The lowest BCUT2D eigenvalue weighted by Gasteiger charge is -2.15. The molecule has 0 spiro atoms. The summed E-state index contributed by atoms with van der Waals surface area (Å²) in [5, 5.41) is 2.88. The number of nitrogens with two attached hydrogens (primary N) is 1. The summed E-state index contributed by atoms with van der Waals surface area (Å²) in [4.78, 5) is 12.4. The fraction of sp³-hybridized carbons (Fsp3) is 0.381. The van der Waals surface area contributed by atoms with Gasteiger partial charge >= 0.3 is 0 Å². The van der Waals surface area contributed by atoms with E-state index in [4.69, 9.17) is 15.2 Å². The van der Waals surface area contributed by atoms with Crippen molar-refractivity contribution in [2.75, 3.05) is 20.3 Å². The first kappa shape index (κ1) is 19.8. The number of hydrogen-bond donors (Lipinski definition) is 2. The Hall–Kier alpha value is -2.53. The van der Waals surface area contributed by atoms with Gasteiger partial charge in [-0.25, -0.2) is 0 Å². The highest BCUT2D eigenvalue weighted by Crippen LogP contribution is 2.28. The van der Waals surface area contributed by atoms with Crippen LogP contribution in [0.4, 0.5) is 0 Å². The van der Waals surface area contributed by atoms with E-state index in [0.29, 0.717) is 36.1 Å². The molecule has 2 rings (SSSR count). The molecule has 0 radical (unpaired) electrons. The van der Waals surface area contributed by atoms with E-state index in [-0.39, 0.29) is 11.9 Å². The van der Waals surface area contributed by atoms with Gasteiger partial charge in [0.2, 0.25) is 0 Å². The van der Waals surface area contributed by atoms with E-state index in [1.54, 1.807) is 25.3 Å². The molecule has 0 aliphatic rings. The zero-order chi connectivity index (χ0) is 19.1. The van der Waals surface area contributed by atoms with E-state index in [2.05, 4.69) is 31.3 Å². The summed E-state index contributed by atoms with van der Waals surface area (Å²) in [6.45, 7) is 7.09. The van der Waals surface area contributed by atoms with Crippen molar-refractivity contribution in [1.29, 1.82) is 0 Å². The molecule has 1 unspecified atom stereocenters. The third kappa shape index (κ3) is 4.99. The molecule has 140 valence electrons. The highest BCUT2D eigenvalue weighted by Gasteiger charge is 2.13. The molecule has 5 heteroatoms. The zero-order valence-electron chi connectivity index (χ0n) is 15.9. The Morgan fingerprint density at radius 3 is 2.31 bits per heavy atom. The molecule has 0 bridgehead atoms. The van der Waals surface area contributed by atoms with E-state index in [1.165, 1.54) is 5.56 Å². The lowest BCUT2D eigenvalue weighted by molar-refractivity contribution is 0.0951. The minimum atomic E-state index is -0.259. The van der Waals surface area contributed by atoms with Gasteiger partial charge in [0.05, 0.1) is 13.7 Å². The molecule has 1 atom stereocenters. The Morgan fingerprint density at radius 2 is 1.73 bits per heavy atom. The lowest BCUT2D eigenvalue weighted by Crippen LogP contribution is -2.31. The van der Waals surface area contributed by atoms with Crippen LogP contribution in [0, 0.1) is 0 Å². The van der Waals surface area contributed by atoms with Crippen molar-refractivity contribution in [2.24, 2.45) is 5.73 Å². The molecule has 0 aromatic heterocycles. The van der Waals surface area contributed by atoms with E-state index in [9.17, 15) is 4.79 Å². The number of benzene rings is 2. The quantitative estimate of drug-likeness (QED) is 0.757. The highest BCUT2D eigenvalue weighted by atomic mass is 16.5. The number of rotatable bonds is 8. The zero-order valence-corrected chi connectivity index (χ0v) is 15.9. The van der Waals surface area contributed by atoms with Crippen molar-refractivity contribution in [3.05, 3.63) is 59.2 Å². The van der Waals surface area contributed by atoms with Gasteiger partial charge in [0.25, 0.3) is 5.91 Å². The second-order valence-corrected chi connectivity index (χ2v) is 6.44. The predicted octanol–water partition coefficient (Wildman–Crippen LogP) is 3.65. The van der Waals surface area contributed by atoms with Crippen LogP contribution in [0.1, 0.15) is 54.2 Å². The molecule has 0 saturated carbocycles. The lowest BCUT2D eigenvalue weighted by atomic mass is 9.99. The van der Waals surface area contributed by atoms with Gasteiger partial charge in [-0.15, -0.1) is 0 Å². The third-order valence-corrected chi connectivity index (χ3v) is 4.24. The van der Waals surface area contributed by atoms with Crippen molar-refractivity contribution >= 4 is 5.91 Å². The smallest absolute Gasteiger partial charge is 0.251 e. The van der Waals surface area contributed by atoms with Gasteiger partial charge in [0.1, 0.15) is 0 Å². The first-order valence-electron chi connectivity index (χ1n) is 8.90. The molecular formula is C21H28N2O3. The highest BCUT2D eigenvalue weighted by molar-refractivity contribution is 5.94. The number of carbonyl (C=O) groups is 1. The molecule has 26 heavy (non-hydrogen) atoms. The number of methoxy groups -OCH3 is 1. The van der Waals surface area contributed by atoms with Gasteiger partial charge in [-0.3, -0.25) is 4.79 Å². The predicted molar refractivity (Wildman–Crippen MR) is 104 cm³/mol. The third-order valence-electron chi connectivity index (χ3n) is 4.24. The van der Waals surface area contributed by atoms with Gasteiger partial charge in [0, 0.05) is 18.2 Å². The number of ether oxygens (including phenoxy) is 2. The Balaban J connectivity index is 1.99. The second kappa shape index (κ2) is 9.25. The minimum Gasteiger partial charge on any atom is -0.493 e. The number of hydrogen-bond acceptors (Lipinski definition) is 4. The van der Waals surface area contributed by atoms with E-state index in [1.807, 2.05) is 19.1 Å². The molecule has 0 aliphatic carbocycles. The van der Waals surface area contributed by atoms with Crippen LogP contribution in [0.3, 0.4) is 0 Å². The van der Waals surface area contributed by atoms with Crippen LogP contribution in [0.5, 0.6) is 11.5 Å². The van der Waals surface area contributed by atoms with Crippen molar-refractivity contribution in [3.8, 4) is 11.5 Å². The molecule has 2 aromatic rings. The van der Waals surface area contributed by atoms with E-state index in [0.717, 1.165) is 5.56 Å². The van der Waals surface area contributed by atoms with Gasteiger partial charge in [0.15, 0.2) is 11.5 Å². The van der Waals surface area contributed by atoms with Crippen LogP contribution in [-0.4, -0.2) is 26.2 Å². The fourth-order valence-electron chi connectivity index (χ4n) is 2.63. The SMILES string of the molecule is CCOc1ccc(C(=O)NCC(N)c2ccc(C(C)C)cc2)cc1OC. The maximum Gasteiger partial charge on any atom is 0.251 e. The number of carbonyl (C=O) groups excluding carboxylic acids is 1. The maximum absolute atomic E-state index is 12.4. The van der Waals surface area contributed by atoms with Crippen molar-refractivity contribution in [3.63, 3.8) is 0 Å². The molecule has 0 fully saturated rings. The first-order chi connectivity index (χ1) is 12.5. The average Bonchev–Trinajstić information content (AvgIpc) is 2.66. The molecule has 5 nitrogen and oxygen atoms in total. The van der Waals surface area contributed by atoms with Crippen molar-refractivity contribution in [2.45, 2.75) is 32.7 Å². The van der Waals surface area contributed by atoms with Gasteiger partial charge < -0.3 is 20.5 Å². The van der Waals surface area contributed by atoms with Gasteiger partial charge in [-0.05, 0) is 42.2 Å². The maximum atomic E-state index is 12.4. The largest absolute Gasteiger partial charge is 0.493 e. The molecule has 0 saturated heterocycles.